The van der Waals surface area contributed by atoms with Gasteiger partial charge >= 0.3 is 5.97 Å². The van der Waals surface area contributed by atoms with Crippen molar-refractivity contribution in [3.63, 3.8) is 0 Å². The van der Waals surface area contributed by atoms with Crippen LogP contribution in [0.3, 0.4) is 0 Å². The fourth-order valence-electron chi connectivity index (χ4n) is 3.34. The van der Waals surface area contributed by atoms with E-state index in [1.54, 1.807) is 0 Å². The summed E-state index contributed by atoms with van der Waals surface area (Å²) in [6, 6.07) is 0. The third-order valence-electron chi connectivity index (χ3n) is 5.13. The van der Waals surface area contributed by atoms with Gasteiger partial charge in [-0.2, -0.15) is 0 Å². The number of carbonyl (C=O) groups excluding carboxylic acids is 1. The Morgan fingerprint density at radius 1 is 0.741 bits per heavy atom. The minimum absolute atomic E-state index is 0.0316. The predicted octanol–water partition coefficient (Wildman–Crippen LogP) is 6.84. The van der Waals surface area contributed by atoms with Gasteiger partial charge < -0.3 is 4.74 Å². The standard InChI is InChI=1S/C24H49NO2/c1-6-7-8-15-20-27-24(26)21-25(18-13-9-11-16-22(2)3)19-14-10-12-17-23(4)5/h22-23H,6-21H2,1-5H3. The number of ether oxygens (including phenoxy) is 1. The molecule has 0 aliphatic carbocycles. The molecule has 0 spiro atoms. The fourth-order valence-corrected chi connectivity index (χ4v) is 3.34. The van der Waals surface area contributed by atoms with Crippen molar-refractivity contribution in [2.24, 2.45) is 11.8 Å². The number of carbonyl (C=O) groups is 1. The van der Waals surface area contributed by atoms with Gasteiger partial charge in [-0.25, -0.2) is 0 Å². The van der Waals surface area contributed by atoms with Gasteiger partial charge in [-0.3, -0.25) is 9.69 Å². The van der Waals surface area contributed by atoms with Crippen LogP contribution in [0.15, 0.2) is 0 Å². The van der Waals surface area contributed by atoms with Crippen LogP contribution in [0.1, 0.15) is 112 Å². The Morgan fingerprint density at radius 2 is 1.26 bits per heavy atom. The van der Waals surface area contributed by atoms with Crippen LogP contribution in [0, 0.1) is 11.8 Å². The second kappa shape index (κ2) is 18.8. The van der Waals surface area contributed by atoms with E-state index in [4.69, 9.17) is 4.74 Å². The highest BCUT2D eigenvalue weighted by Crippen LogP contribution is 2.11. The summed E-state index contributed by atoms with van der Waals surface area (Å²) in [6.07, 6.45) is 14.8. The fraction of sp³-hybridized carbons (Fsp3) is 0.958. The second-order valence-electron chi connectivity index (χ2n) is 9.04. The highest BCUT2D eigenvalue weighted by atomic mass is 16.5. The smallest absolute Gasteiger partial charge is 0.320 e. The average Bonchev–Trinajstić information content (AvgIpc) is 2.60. The number of nitrogens with zero attached hydrogens (tertiary/aromatic N) is 1. The first-order chi connectivity index (χ1) is 13.0. The average molecular weight is 384 g/mol. The summed E-state index contributed by atoms with van der Waals surface area (Å²) < 4.78 is 5.46. The molecule has 0 heterocycles. The van der Waals surface area contributed by atoms with E-state index in [0.29, 0.717) is 13.2 Å². The third-order valence-corrected chi connectivity index (χ3v) is 5.13. The Labute approximate surface area is 170 Å². The van der Waals surface area contributed by atoms with Crippen LogP contribution in [-0.4, -0.2) is 37.1 Å². The van der Waals surface area contributed by atoms with Gasteiger partial charge in [0.15, 0.2) is 0 Å². The predicted molar refractivity (Wildman–Crippen MR) is 118 cm³/mol. The summed E-state index contributed by atoms with van der Waals surface area (Å²) in [7, 11) is 0. The van der Waals surface area contributed by atoms with Gasteiger partial charge in [0.05, 0.1) is 13.2 Å². The first-order valence-corrected chi connectivity index (χ1v) is 11.8. The second-order valence-corrected chi connectivity index (χ2v) is 9.04. The largest absolute Gasteiger partial charge is 0.465 e. The first kappa shape index (κ1) is 26.4. The van der Waals surface area contributed by atoms with Gasteiger partial charge in [-0.05, 0) is 44.2 Å². The summed E-state index contributed by atoms with van der Waals surface area (Å²) in [5, 5.41) is 0. The van der Waals surface area contributed by atoms with Gasteiger partial charge in [0.25, 0.3) is 0 Å². The van der Waals surface area contributed by atoms with Crippen LogP contribution in [0.25, 0.3) is 0 Å². The lowest BCUT2D eigenvalue weighted by molar-refractivity contribution is -0.145. The van der Waals surface area contributed by atoms with Crippen LogP contribution in [0.2, 0.25) is 0 Å². The lowest BCUT2D eigenvalue weighted by Gasteiger charge is -2.21. The molecule has 3 nitrogen and oxygen atoms in total. The van der Waals surface area contributed by atoms with E-state index in [-0.39, 0.29) is 5.97 Å². The zero-order valence-electron chi connectivity index (χ0n) is 19.2. The lowest BCUT2D eigenvalue weighted by Crippen LogP contribution is -2.33. The molecule has 0 unspecified atom stereocenters. The highest BCUT2D eigenvalue weighted by molar-refractivity contribution is 5.71. The summed E-state index contributed by atoms with van der Waals surface area (Å²) >= 11 is 0. The molecule has 0 aliphatic heterocycles. The molecule has 0 rings (SSSR count). The number of rotatable bonds is 19. The number of esters is 1. The molecule has 27 heavy (non-hydrogen) atoms. The number of hydrogen-bond donors (Lipinski definition) is 0. The summed E-state index contributed by atoms with van der Waals surface area (Å²) in [6.45, 7) is 14.5. The van der Waals surface area contributed by atoms with Crippen molar-refractivity contribution in [1.82, 2.24) is 4.90 Å². The molecule has 0 aromatic heterocycles. The molecule has 0 amide bonds. The van der Waals surface area contributed by atoms with E-state index in [1.165, 1.54) is 70.6 Å². The van der Waals surface area contributed by atoms with E-state index in [1.807, 2.05) is 0 Å². The maximum Gasteiger partial charge on any atom is 0.320 e. The van der Waals surface area contributed by atoms with Crippen molar-refractivity contribution in [2.75, 3.05) is 26.2 Å². The topological polar surface area (TPSA) is 29.5 Å². The Bertz CT molecular complexity index is 310. The summed E-state index contributed by atoms with van der Waals surface area (Å²) in [5.74, 6) is 1.56. The maximum atomic E-state index is 12.2. The lowest BCUT2D eigenvalue weighted by atomic mass is 10.0. The third kappa shape index (κ3) is 20.0. The van der Waals surface area contributed by atoms with Gasteiger partial charge in [-0.15, -0.1) is 0 Å². The van der Waals surface area contributed by atoms with E-state index in [9.17, 15) is 4.79 Å². The molecule has 0 aliphatic rings. The molecule has 0 atom stereocenters. The van der Waals surface area contributed by atoms with E-state index < -0.39 is 0 Å². The molecule has 0 saturated carbocycles. The van der Waals surface area contributed by atoms with Crippen LogP contribution in [-0.2, 0) is 9.53 Å². The highest BCUT2D eigenvalue weighted by Gasteiger charge is 2.11. The molecule has 0 N–H and O–H groups in total. The van der Waals surface area contributed by atoms with Crippen LogP contribution < -0.4 is 0 Å². The molecular weight excluding hydrogens is 334 g/mol. The summed E-state index contributed by atoms with van der Waals surface area (Å²) in [4.78, 5) is 14.5. The number of unbranched alkanes of at least 4 members (excludes halogenated alkanes) is 7. The maximum absolute atomic E-state index is 12.2. The molecule has 162 valence electrons. The molecule has 0 saturated heterocycles. The van der Waals surface area contributed by atoms with Crippen LogP contribution >= 0.6 is 0 Å². The van der Waals surface area contributed by atoms with Crippen molar-refractivity contribution >= 4 is 5.97 Å². The van der Waals surface area contributed by atoms with Gasteiger partial charge in [0, 0.05) is 0 Å². The SMILES string of the molecule is CCCCCCOC(=O)CN(CCCCCC(C)C)CCCCCC(C)C. The first-order valence-electron chi connectivity index (χ1n) is 11.8. The van der Waals surface area contributed by atoms with Crippen molar-refractivity contribution in [3.05, 3.63) is 0 Å². The monoisotopic (exact) mass is 383 g/mol. The summed E-state index contributed by atoms with van der Waals surface area (Å²) in [5.41, 5.74) is 0. The minimum Gasteiger partial charge on any atom is -0.465 e. The van der Waals surface area contributed by atoms with Gasteiger partial charge in [-0.1, -0.05) is 92.4 Å². The van der Waals surface area contributed by atoms with Crippen molar-refractivity contribution in [2.45, 2.75) is 112 Å². The van der Waals surface area contributed by atoms with Crippen molar-refractivity contribution < 1.29 is 9.53 Å². The Morgan fingerprint density at radius 3 is 1.74 bits per heavy atom. The Balaban J connectivity index is 4.07. The molecule has 0 aromatic rings. The Kier molecular flexibility index (Phi) is 18.4. The quantitative estimate of drug-likeness (QED) is 0.180. The van der Waals surface area contributed by atoms with Gasteiger partial charge in [0.1, 0.15) is 0 Å². The molecule has 3 heteroatoms. The van der Waals surface area contributed by atoms with E-state index in [0.717, 1.165) is 31.3 Å². The molecule has 0 fully saturated rings. The molecule has 0 aromatic carbocycles. The zero-order chi connectivity index (χ0) is 20.3. The Hall–Kier alpha value is -0.570. The van der Waals surface area contributed by atoms with Crippen molar-refractivity contribution in [1.29, 1.82) is 0 Å². The molecule has 0 bridgehead atoms. The van der Waals surface area contributed by atoms with Gasteiger partial charge in [0.2, 0.25) is 0 Å². The minimum atomic E-state index is -0.0316. The van der Waals surface area contributed by atoms with Crippen LogP contribution in [0.4, 0.5) is 0 Å². The van der Waals surface area contributed by atoms with E-state index in [2.05, 4.69) is 39.5 Å². The molecular formula is C24H49NO2. The van der Waals surface area contributed by atoms with E-state index >= 15 is 0 Å². The van der Waals surface area contributed by atoms with Crippen molar-refractivity contribution in [3.8, 4) is 0 Å². The zero-order valence-corrected chi connectivity index (χ0v) is 19.2. The van der Waals surface area contributed by atoms with Crippen LogP contribution in [0.5, 0.6) is 0 Å². The normalized spacial score (nSPS) is 11.7. The number of hydrogen-bond acceptors (Lipinski definition) is 3. The molecule has 0 radical (unpaired) electrons.